The molecular weight excluding hydrogens is 469 g/mol. The van der Waals surface area contributed by atoms with Crippen molar-refractivity contribution < 1.29 is 14.3 Å². The SMILES string of the molecule is CC(C)(C)OC(=O)CCCN1CCC2(CC1)COc1cc(C=Cc3c(Cl)cccc3Cl)ccc12. The van der Waals surface area contributed by atoms with Crippen molar-refractivity contribution in [3.8, 4) is 5.75 Å². The van der Waals surface area contributed by atoms with E-state index in [-0.39, 0.29) is 11.4 Å². The van der Waals surface area contributed by atoms with Gasteiger partial charge in [-0.2, -0.15) is 0 Å². The van der Waals surface area contributed by atoms with E-state index in [2.05, 4.69) is 23.1 Å². The van der Waals surface area contributed by atoms with Crippen LogP contribution in [-0.4, -0.2) is 42.7 Å². The molecule has 0 N–H and O–H groups in total. The lowest BCUT2D eigenvalue weighted by Gasteiger charge is -2.38. The molecule has 34 heavy (non-hydrogen) atoms. The average Bonchev–Trinajstić information content (AvgIpc) is 3.11. The van der Waals surface area contributed by atoms with Gasteiger partial charge in [-0.25, -0.2) is 0 Å². The third-order valence-electron chi connectivity index (χ3n) is 6.61. The maximum absolute atomic E-state index is 12.0. The number of carbonyl (C=O) groups excluding carboxylic acids is 1. The number of rotatable bonds is 6. The first kappa shape index (κ1) is 25.1. The van der Waals surface area contributed by atoms with E-state index in [0.29, 0.717) is 16.5 Å². The molecule has 2 aliphatic rings. The summed E-state index contributed by atoms with van der Waals surface area (Å²) in [4.78, 5) is 14.4. The number of carbonyl (C=O) groups is 1. The van der Waals surface area contributed by atoms with Crippen LogP contribution >= 0.6 is 23.2 Å². The van der Waals surface area contributed by atoms with Crippen LogP contribution in [0.4, 0.5) is 0 Å². The summed E-state index contributed by atoms with van der Waals surface area (Å²) in [7, 11) is 0. The summed E-state index contributed by atoms with van der Waals surface area (Å²) in [6.45, 7) is 9.42. The van der Waals surface area contributed by atoms with E-state index in [1.165, 1.54) is 5.56 Å². The van der Waals surface area contributed by atoms with Crippen molar-refractivity contribution in [2.75, 3.05) is 26.2 Å². The monoisotopic (exact) mass is 501 g/mol. The number of nitrogens with zero attached hydrogens (tertiary/aromatic N) is 1. The molecule has 4 rings (SSSR count). The van der Waals surface area contributed by atoms with Gasteiger partial charge >= 0.3 is 5.97 Å². The number of fused-ring (bicyclic) bond motifs is 2. The van der Waals surface area contributed by atoms with Crippen molar-refractivity contribution in [1.29, 1.82) is 0 Å². The molecule has 1 fully saturated rings. The normalized spacial score (nSPS) is 17.7. The molecule has 6 heteroatoms. The Bertz CT molecular complexity index is 1050. The summed E-state index contributed by atoms with van der Waals surface area (Å²) in [5, 5.41) is 1.27. The van der Waals surface area contributed by atoms with Crippen LogP contribution in [-0.2, 0) is 14.9 Å². The van der Waals surface area contributed by atoms with Crippen LogP contribution in [0.3, 0.4) is 0 Å². The number of likely N-dealkylation sites (tertiary alicyclic amines) is 1. The average molecular weight is 502 g/mol. The highest BCUT2D eigenvalue weighted by molar-refractivity contribution is 6.37. The van der Waals surface area contributed by atoms with Crippen molar-refractivity contribution in [1.82, 2.24) is 4.90 Å². The third-order valence-corrected chi connectivity index (χ3v) is 7.27. The number of benzene rings is 2. The third kappa shape index (κ3) is 5.97. The molecule has 2 heterocycles. The van der Waals surface area contributed by atoms with Gasteiger partial charge < -0.3 is 14.4 Å². The first-order valence-electron chi connectivity index (χ1n) is 12.0. The van der Waals surface area contributed by atoms with Crippen LogP contribution < -0.4 is 4.74 Å². The Labute approximate surface area is 212 Å². The van der Waals surface area contributed by atoms with E-state index in [0.717, 1.165) is 62.4 Å². The second kappa shape index (κ2) is 10.3. The summed E-state index contributed by atoms with van der Waals surface area (Å²) < 4.78 is 11.6. The number of hydrogen-bond acceptors (Lipinski definition) is 4. The van der Waals surface area contributed by atoms with Crippen molar-refractivity contribution in [2.45, 2.75) is 57.5 Å². The molecule has 4 nitrogen and oxygen atoms in total. The molecule has 0 radical (unpaired) electrons. The number of esters is 1. The topological polar surface area (TPSA) is 38.8 Å². The highest BCUT2D eigenvalue weighted by atomic mass is 35.5. The number of piperidine rings is 1. The van der Waals surface area contributed by atoms with Gasteiger partial charge in [0.05, 0.1) is 6.61 Å². The lowest BCUT2D eigenvalue weighted by Crippen LogP contribution is -2.44. The maximum atomic E-state index is 12.0. The van der Waals surface area contributed by atoms with Gasteiger partial charge in [0.2, 0.25) is 0 Å². The van der Waals surface area contributed by atoms with Gasteiger partial charge in [-0.1, -0.05) is 53.6 Å². The summed E-state index contributed by atoms with van der Waals surface area (Å²) in [5.74, 6) is 0.867. The van der Waals surface area contributed by atoms with Gasteiger partial charge in [0, 0.05) is 33.0 Å². The van der Waals surface area contributed by atoms with E-state index in [1.54, 1.807) is 0 Å². The second-order valence-electron chi connectivity index (χ2n) is 10.3. The van der Waals surface area contributed by atoms with Crippen molar-refractivity contribution in [2.24, 2.45) is 0 Å². The van der Waals surface area contributed by atoms with E-state index in [1.807, 2.05) is 51.1 Å². The lowest BCUT2D eigenvalue weighted by atomic mass is 9.74. The van der Waals surface area contributed by atoms with Gasteiger partial charge in [-0.3, -0.25) is 4.79 Å². The Morgan fingerprint density at radius 1 is 1.12 bits per heavy atom. The molecule has 0 bridgehead atoms. The molecule has 2 aliphatic heterocycles. The molecule has 0 atom stereocenters. The Kier molecular flexibility index (Phi) is 7.61. The van der Waals surface area contributed by atoms with Crippen LogP contribution in [0, 0.1) is 0 Å². The minimum atomic E-state index is -0.415. The van der Waals surface area contributed by atoms with Crippen LogP contribution in [0.2, 0.25) is 10.0 Å². The first-order valence-corrected chi connectivity index (χ1v) is 12.7. The minimum absolute atomic E-state index is 0.0886. The molecule has 0 aliphatic carbocycles. The van der Waals surface area contributed by atoms with Crippen molar-refractivity contribution in [3.63, 3.8) is 0 Å². The first-order chi connectivity index (χ1) is 16.2. The zero-order valence-corrected chi connectivity index (χ0v) is 21.7. The smallest absolute Gasteiger partial charge is 0.306 e. The van der Waals surface area contributed by atoms with E-state index >= 15 is 0 Å². The highest BCUT2D eigenvalue weighted by Crippen LogP contribution is 2.46. The standard InChI is InChI=1S/C28H33Cl2NO3/c1-27(2,3)34-26(32)8-5-15-31-16-13-28(14-17-31)19-33-25-18-20(10-12-22(25)28)9-11-21-23(29)6-4-7-24(21)30/h4,6-7,9-12,18H,5,8,13-17,19H2,1-3H3. The summed E-state index contributed by atoms with van der Waals surface area (Å²) >= 11 is 12.6. The Balaban J connectivity index is 1.33. The van der Waals surface area contributed by atoms with E-state index < -0.39 is 5.60 Å². The zero-order valence-electron chi connectivity index (χ0n) is 20.2. The maximum Gasteiger partial charge on any atom is 0.306 e. The fourth-order valence-corrected chi connectivity index (χ4v) is 5.32. The van der Waals surface area contributed by atoms with E-state index in [9.17, 15) is 4.79 Å². The molecule has 2 aromatic rings. The van der Waals surface area contributed by atoms with Gasteiger partial charge in [0.25, 0.3) is 0 Å². The summed E-state index contributed by atoms with van der Waals surface area (Å²) in [5.41, 5.74) is 2.87. The van der Waals surface area contributed by atoms with Crippen LogP contribution in [0.5, 0.6) is 5.75 Å². The summed E-state index contributed by atoms with van der Waals surface area (Å²) in [6, 6.07) is 12.0. The Morgan fingerprint density at radius 2 is 1.82 bits per heavy atom. The lowest BCUT2D eigenvalue weighted by molar-refractivity contribution is -0.155. The van der Waals surface area contributed by atoms with Crippen LogP contribution in [0.1, 0.15) is 63.1 Å². The predicted molar refractivity (Wildman–Crippen MR) is 140 cm³/mol. The van der Waals surface area contributed by atoms with Gasteiger partial charge in [-0.05, 0) is 83.4 Å². The quantitative estimate of drug-likeness (QED) is 0.315. The number of hydrogen-bond donors (Lipinski definition) is 0. The fraction of sp³-hybridized carbons (Fsp3) is 0.464. The van der Waals surface area contributed by atoms with Gasteiger partial charge in [0.1, 0.15) is 11.4 Å². The minimum Gasteiger partial charge on any atom is -0.492 e. The highest BCUT2D eigenvalue weighted by Gasteiger charge is 2.42. The fourth-order valence-electron chi connectivity index (χ4n) is 4.80. The van der Waals surface area contributed by atoms with Gasteiger partial charge in [0.15, 0.2) is 0 Å². The predicted octanol–water partition coefficient (Wildman–Crippen LogP) is 7.01. The Morgan fingerprint density at radius 3 is 2.50 bits per heavy atom. The van der Waals surface area contributed by atoms with Crippen LogP contribution in [0.25, 0.3) is 12.2 Å². The van der Waals surface area contributed by atoms with Gasteiger partial charge in [-0.15, -0.1) is 0 Å². The Hall–Kier alpha value is -2.01. The van der Waals surface area contributed by atoms with Crippen LogP contribution in [0.15, 0.2) is 36.4 Å². The largest absolute Gasteiger partial charge is 0.492 e. The molecule has 0 amide bonds. The zero-order chi connectivity index (χ0) is 24.3. The summed E-state index contributed by atoms with van der Waals surface area (Å²) in [6.07, 6.45) is 7.41. The number of ether oxygens (including phenoxy) is 2. The number of halogens is 2. The molecule has 0 aromatic heterocycles. The molecule has 0 unspecified atom stereocenters. The molecule has 182 valence electrons. The molecule has 0 saturated carbocycles. The molecular formula is C28H33Cl2NO3. The molecule has 2 aromatic carbocycles. The van der Waals surface area contributed by atoms with Crippen molar-refractivity contribution >= 4 is 41.3 Å². The molecule has 1 spiro atoms. The molecule has 1 saturated heterocycles. The van der Waals surface area contributed by atoms with E-state index in [4.69, 9.17) is 32.7 Å². The van der Waals surface area contributed by atoms with Crippen molar-refractivity contribution in [3.05, 3.63) is 63.1 Å². The second-order valence-corrected chi connectivity index (χ2v) is 11.1.